The smallest absolute Gasteiger partial charge is 0.141 e. The number of fused-ring (bicyclic) bond motifs is 8. The molecule has 0 spiro atoms. The van der Waals surface area contributed by atoms with Crippen LogP contribution in [-0.4, -0.2) is 23.3 Å². The zero-order valence-corrected chi connectivity index (χ0v) is 32.3. The van der Waals surface area contributed by atoms with Crippen molar-refractivity contribution in [2.75, 3.05) is 23.5 Å². The van der Waals surface area contributed by atoms with E-state index in [2.05, 4.69) is 194 Å². The molecule has 1 aliphatic rings. The third kappa shape index (κ3) is 5.51. The number of anilines is 3. The molecule has 0 fully saturated rings. The van der Waals surface area contributed by atoms with E-state index in [0.29, 0.717) is 0 Å². The van der Waals surface area contributed by atoms with Crippen LogP contribution in [0, 0.1) is 0 Å². The number of hydrogen-bond acceptors (Lipinski definition) is 5. The van der Waals surface area contributed by atoms with Gasteiger partial charge >= 0.3 is 0 Å². The molecule has 10 aromatic rings. The molecule has 0 saturated heterocycles. The average molecular weight is 741 g/mol. The molecule has 3 aromatic heterocycles. The second kappa shape index (κ2) is 12.5. The van der Waals surface area contributed by atoms with Crippen LogP contribution < -0.4 is 14.5 Å². The Balaban J connectivity index is 1.07. The van der Waals surface area contributed by atoms with Gasteiger partial charge in [-0.3, -0.25) is 4.57 Å². The third-order valence-corrected chi connectivity index (χ3v) is 11.5. The van der Waals surface area contributed by atoms with Gasteiger partial charge in [0.05, 0.1) is 29.1 Å². The number of aromatic nitrogens is 2. The fraction of sp³-hybridized carbons (Fsp3) is 0.118. The number of ether oxygens (including phenoxy) is 1. The average Bonchev–Trinajstić information content (AvgIpc) is 3.87. The third-order valence-electron chi connectivity index (χ3n) is 11.5. The van der Waals surface area contributed by atoms with E-state index in [0.717, 1.165) is 84.4 Å². The maximum absolute atomic E-state index is 6.87. The zero-order valence-electron chi connectivity index (χ0n) is 32.3. The molecule has 0 aliphatic carbocycles. The second-order valence-electron chi connectivity index (χ2n) is 16.3. The van der Waals surface area contributed by atoms with Crippen molar-refractivity contribution in [2.45, 2.75) is 26.2 Å². The van der Waals surface area contributed by atoms with Crippen LogP contribution in [0.2, 0.25) is 0 Å². The number of para-hydroxylation sites is 2. The Morgan fingerprint density at radius 3 is 2.16 bits per heavy atom. The van der Waals surface area contributed by atoms with E-state index in [1.54, 1.807) is 0 Å². The van der Waals surface area contributed by atoms with Crippen LogP contribution in [0.5, 0.6) is 11.5 Å². The molecule has 0 N–H and O–H groups in total. The van der Waals surface area contributed by atoms with Crippen molar-refractivity contribution in [3.05, 3.63) is 163 Å². The monoisotopic (exact) mass is 740 g/mol. The maximum atomic E-state index is 6.87. The van der Waals surface area contributed by atoms with Crippen LogP contribution in [-0.2, 0) is 5.41 Å². The molecule has 0 radical (unpaired) electrons. The molecule has 6 heteroatoms. The summed E-state index contributed by atoms with van der Waals surface area (Å²) in [6.07, 6.45) is 1.95. The second-order valence-corrected chi connectivity index (χ2v) is 16.3. The summed E-state index contributed by atoms with van der Waals surface area (Å²) in [5.74, 6) is 2.33. The number of benzene rings is 7. The van der Waals surface area contributed by atoms with Gasteiger partial charge in [-0.15, -0.1) is 0 Å². The van der Waals surface area contributed by atoms with Crippen LogP contribution in [0.15, 0.2) is 162 Å². The Kier molecular flexibility index (Phi) is 7.29. The molecule has 0 bridgehead atoms. The molecule has 6 nitrogen and oxygen atoms in total. The maximum Gasteiger partial charge on any atom is 0.141 e. The van der Waals surface area contributed by atoms with E-state index in [-0.39, 0.29) is 5.41 Å². The first-order chi connectivity index (χ1) is 27.7. The van der Waals surface area contributed by atoms with Crippen LogP contribution >= 0.6 is 0 Å². The lowest BCUT2D eigenvalue weighted by atomic mass is 9.86. The summed E-state index contributed by atoms with van der Waals surface area (Å²) in [4.78, 5) is 9.77. The Labute approximate surface area is 330 Å². The zero-order chi connectivity index (χ0) is 38.4. The summed E-state index contributed by atoms with van der Waals surface area (Å²) in [7, 11) is 2.14. The number of hydrogen-bond donors (Lipinski definition) is 0. The molecular formula is C51H40N4O2. The fourth-order valence-electron chi connectivity index (χ4n) is 8.56. The minimum Gasteiger partial charge on any atom is -0.457 e. The SMILES string of the molecule is CN1CN(c2cc(Oc3ccc4c5cc(-c6ccccc6)ccc5n(-c5cc6oc7cc8ccccc8cc7c6cn5)c4c3)cc(C(C)(C)C)c2)c2ccccc21. The standard InChI is InChI=1S/C51H40N4O2/c1-51(2,3)36-25-37(54-31-53(4)45-16-10-11-17-46(45)54)27-39(26-36)56-38-19-20-40-41-22-35(32-12-6-5-7-13-32)18-21-44(41)55(47(40)28-38)50-29-49-43(30-52-50)42-23-33-14-8-9-15-34(33)24-48(42)57-49/h5-30H,31H2,1-4H3. The summed E-state index contributed by atoms with van der Waals surface area (Å²) in [6, 6.07) is 53.7. The lowest BCUT2D eigenvalue weighted by Crippen LogP contribution is -2.24. The Morgan fingerprint density at radius 2 is 1.33 bits per heavy atom. The first kappa shape index (κ1) is 33.3. The van der Waals surface area contributed by atoms with Gasteiger partial charge in [-0.05, 0) is 93.5 Å². The predicted octanol–water partition coefficient (Wildman–Crippen LogP) is 13.5. The van der Waals surface area contributed by atoms with Crippen molar-refractivity contribution in [1.29, 1.82) is 0 Å². The molecule has 11 rings (SSSR count). The molecule has 4 heterocycles. The van der Waals surface area contributed by atoms with Gasteiger partial charge < -0.3 is 19.0 Å². The van der Waals surface area contributed by atoms with Crippen molar-refractivity contribution in [3.8, 4) is 28.4 Å². The largest absolute Gasteiger partial charge is 0.457 e. The van der Waals surface area contributed by atoms with E-state index in [9.17, 15) is 0 Å². The van der Waals surface area contributed by atoms with Gasteiger partial charge in [-0.25, -0.2) is 4.98 Å². The summed E-state index contributed by atoms with van der Waals surface area (Å²) in [5.41, 5.74) is 10.7. The van der Waals surface area contributed by atoms with Gasteiger partial charge in [0, 0.05) is 58.7 Å². The van der Waals surface area contributed by atoms with Crippen LogP contribution in [0.1, 0.15) is 26.3 Å². The van der Waals surface area contributed by atoms with E-state index in [4.69, 9.17) is 14.1 Å². The number of furan rings is 1. The number of rotatable bonds is 5. The number of nitrogens with zero attached hydrogens (tertiary/aromatic N) is 4. The molecule has 1 aliphatic heterocycles. The van der Waals surface area contributed by atoms with E-state index >= 15 is 0 Å². The van der Waals surface area contributed by atoms with Gasteiger partial charge in [0.1, 0.15) is 28.5 Å². The minimum atomic E-state index is -0.0835. The van der Waals surface area contributed by atoms with Gasteiger partial charge in [0.2, 0.25) is 0 Å². The fourth-order valence-corrected chi connectivity index (χ4v) is 8.56. The van der Waals surface area contributed by atoms with Crippen molar-refractivity contribution in [3.63, 3.8) is 0 Å². The molecular weight excluding hydrogens is 701 g/mol. The molecule has 0 atom stereocenters. The van der Waals surface area contributed by atoms with Crippen molar-refractivity contribution < 1.29 is 9.15 Å². The molecule has 276 valence electrons. The van der Waals surface area contributed by atoms with Crippen LogP contribution in [0.3, 0.4) is 0 Å². The summed E-state index contributed by atoms with van der Waals surface area (Å²) in [5, 5.41) is 6.65. The van der Waals surface area contributed by atoms with Crippen molar-refractivity contribution >= 4 is 71.6 Å². The lowest BCUT2D eigenvalue weighted by molar-refractivity contribution is 0.479. The molecule has 0 unspecified atom stereocenters. The summed E-state index contributed by atoms with van der Waals surface area (Å²) in [6.45, 7) is 7.52. The first-order valence-corrected chi connectivity index (χ1v) is 19.5. The normalized spacial score (nSPS) is 13.1. The van der Waals surface area contributed by atoms with Crippen molar-refractivity contribution in [2.24, 2.45) is 0 Å². The summed E-state index contributed by atoms with van der Waals surface area (Å²) >= 11 is 0. The molecule has 7 aromatic carbocycles. The topological polar surface area (TPSA) is 46.7 Å². The van der Waals surface area contributed by atoms with Gasteiger partial charge in [-0.2, -0.15) is 0 Å². The van der Waals surface area contributed by atoms with Gasteiger partial charge in [0.15, 0.2) is 0 Å². The molecule has 0 amide bonds. The first-order valence-electron chi connectivity index (χ1n) is 19.5. The highest BCUT2D eigenvalue weighted by Gasteiger charge is 2.26. The summed E-state index contributed by atoms with van der Waals surface area (Å²) < 4.78 is 15.7. The predicted molar refractivity (Wildman–Crippen MR) is 236 cm³/mol. The highest BCUT2D eigenvalue weighted by molar-refractivity contribution is 6.12. The van der Waals surface area contributed by atoms with Crippen LogP contribution in [0.25, 0.3) is 71.5 Å². The van der Waals surface area contributed by atoms with Gasteiger partial charge in [0.25, 0.3) is 0 Å². The van der Waals surface area contributed by atoms with E-state index < -0.39 is 0 Å². The van der Waals surface area contributed by atoms with E-state index in [1.807, 2.05) is 6.20 Å². The molecule has 0 saturated carbocycles. The Bertz CT molecular complexity index is 3210. The highest BCUT2D eigenvalue weighted by Crippen LogP contribution is 2.44. The number of pyridine rings is 1. The minimum absolute atomic E-state index is 0.0835. The van der Waals surface area contributed by atoms with Crippen LogP contribution in [0.4, 0.5) is 17.1 Å². The van der Waals surface area contributed by atoms with Crippen molar-refractivity contribution in [1.82, 2.24) is 9.55 Å². The van der Waals surface area contributed by atoms with Gasteiger partial charge in [-0.1, -0.05) is 93.6 Å². The quantitative estimate of drug-likeness (QED) is 0.176. The lowest BCUT2D eigenvalue weighted by Gasteiger charge is -2.25. The highest BCUT2D eigenvalue weighted by atomic mass is 16.5. The Morgan fingerprint density at radius 1 is 0.579 bits per heavy atom. The van der Waals surface area contributed by atoms with E-state index in [1.165, 1.54) is 27.9 Å². The Hall–Kier alpha value is -7.05. The molecule has 57 heavy (non-hydrogen) atoms.